The van der Waals surface area contributed by atoms with Gasteiger partial charge in [0.2, 0.25) is 0 Å². The third-order valence-corrected chi connectivity index (χ3v) is 3.82. The summed E-state index contributed by atoms with van der Waals surface area (Å²) >= 11 is 1.60. The molecule has 0 bridgehead atoms. The topological polar surface area (TPSA) is 59.3 Å². The summed E-state index contributed by atoms with van der Waals surface area (Å²) in [6.07, 6.45) is 7.96. The summed E-state index contributed by atoms with van der Waals surface area (Å²) in [4.78, 5) is 21.6. The molecule has 3 aromatic heterocycles. The molecule has 0 spiro atoms. The Hall–Kier alpha value is -2.21. The average Bonchev–Trinajstić information content (AvgIpc) is 3.07. The Balaban J connectivity index is 1.68. The summed E-state index contributed by atoms with van der Waals surface area (Å²) < 4.78 is 1.84. The molecule has 5 nitrogen and oxygen atoms in total. The molecule has 6 heteroatoms. The number of thiazole rings is 1. The number of aromatic nitrogens is 3. The second kappa shape index (κ2) is 5.42. The highest BCUT2D eigenvalue weighted by Gasteiger charge is 2.11. The quantitative estimate of drug-likeness (QED) is 0.799. The van der Waals surface area contributed by atoms with Crippen LogP contribution in [0.2, 0.25) is 0 Å². The molecule has 1 unspecified atom stereocenters. The van der Waals surface area contributed by atoms with Crippen LogP contribution in [-0.4, -0.2) is 26.3 Å². The minimum absolute atomic E-state index is 0.0708. The van der Waals surface area contributed by atoms with E-state index in [9.17, 15) is 4.79 Å². The molecule has 0 saturated carbocycles. The van der Waals surface area contributed by atoms with E-state index in [2.05, 4.69) is 15.3 Å². The maximum absolute atomic E-state index is 12.2. The molecular formula is C14H14N4OS. The van der Waals surface area contributed by atoms with Crippen LogP contribution in [0.15, 0.2) is 42.4 Å². The molecule has 0 aromatic carbocycles. The number of rotatable bonds is 4. The predicted molar refractivity (Wildman–Crippen MR) is 77.9 cm³/mol. The van der Waals surface area contributed by atoms with Gasteiger partial charge in [0.25, 0.3) is 5.91 Å². The number of carbonyl (C=O) groups is 1. The van der Waals surface area contributed by atoms with Gasteiger partial charge in [0.1, 0.15) is 5.65 Å². The van der Waals surface area contributed by atoms with Crippen molar-refractivity contribution in [3.8, 4) is 0 Å². The number of imidazole rings is 1. The summed E-state index contributed by atoms with van der Waals surface area (Å²) in [5, 5.41) is 3.00. The van der Waals surface area contributed by atoms with Gasteiger partial charge < -0.3 is 9.72 Å². The van der Waals surface area contributed by atoms with Crippen LogP contribution < -0.4 is 5.32 Å². The molecule has 1 N–H and O–H groups in total. The van der Waals surface area contributed by atoms with Gasteiger partial charge in [-0.25, -0.2) is 4.98 Å². The first-order valence-electron chi connectivity index (χ1n) is 6.33. The Kier molecular flexibility index (Phi) is 3.47. The second-order valence-corrected chi connectivity index (χ2v) is 5.63. The van der Waals surface area contributed by atoms with Crippen LogP contribution >= 0.6 is 11.3 Å². The third kappa shape index (κ3) is 2.70. The van der Waals surface area contributed by atoms with Gasteiger partial charge >= 0.3 is 0 Å². The predicted octanol–water partition coefficient (Wildman–Crippen LogP) is 2.15. The Morgan fingerprint density at radius 1 is 1.50 bits per heavy atom. The molecule has 1 atom stereocenters. The lowest BCUT2D eigenvalue weighted by atomic mass is 10.2. The number of carbonyl (C=O) groups excluding carboxylic acids is 1. The van der Waals surface area contributed by atoms with Crippen molar-refractivity contribution >= 4 is 22.9 Å². The van der Waals surface area contributed by atoms with Crippen LogP contribution in [0.4, 0.5) is 0 Å². The average molecular weight is 286 g/mol. The van der Waals surface area contributed by atoms with Crippen LogP contribution in [0.3, 0.4) is 0 Å². The molecule has 3 rings (SSSR count). The summed E-state index contributed by atoms with van der Waals surface area (Å²) in [5.41, 5.74) is 3.27. The Morgan fingerprint density at radius 3 is 3.20 bits per heavy atom. The van der Waals surface area contributed by atoms with Gasteiger partial charge in [0, 0.05) is 42.1 Å². The first kappa shape index (κ1) is 12.8. The number of nitrogens with one attached hydrogen (secondary N) is 1. The summed E-state index contributed by atoms with van der Waals surface area (Å²) in [7, 11) is 0. The molecule has 20 heavy (non-hydrogen) atoms. The molecule has 0 aliphatic carbocycles. The van der Waals surface area contributed by atoms with Gasteiger partial charge in [-0.2, -0.15) is 0 Å². The van der Waals surface area contributed by atoms with Crippen molar-refractivity contribution in [2.75, 3.05) is 0 Å². The Morgan fingerprint density at radius 2 is 2.40 bits per heavy atom. The van der Waals surface area contributed by atoms with Crippen LogP contribution in [0.5, 0.6) is 0 Å². The molecule has 0 aliphatic rings. The van der Waals surface area contributed by atoms with Crippen LogP contribution in [0.1, 0.15) is 22.2 Å². The monoisotopic (exact) mass is 286 g/mol. The van der Waals surface area contributed by atoms with E-state index in [4.69, 9.17) is 0 Å². The molecule has 102 valence electrons. The number of fused-ring (bicyclic) bond motifs is 1. The van der Waals surface area contributed by atoms with Gasteiger partial charge in [-0.3, -0.25) is 9.78 Å². The van der Waals surface area contributed by atoms with E-state index in [-0.39, 0.29) is 11.9 Å². The summed E-state index contributed by atoms with van der Waals surface area (Å²) in [6.45, 7) is 1.99. The molecule has 0 aliphatic heterocycles. The molecule has 0 saturated heterocycles. The van der Waals surface area contributed by atoms with Crippen molar-refractivity contribution < 1.29 is 4.79 Å². The Labute approximate surface area is 120 Å². The van der Waals surface area contributed by atoms with Gasteiger partial charge in [-0.15, -0.1) is 11.3 Å². The largest absolute Gasteiger partial charge is 0.349 e. The van der Waals surface area contributed by atoms with Crippen LogP contribution in [0, 0.1) is 0 Å². The van der Waals surface area contributed by atoms with Crippen molar-refractivity contribution in [3.05, 3.63) is 52.9 Å². The molecule has 1 amide bonds. The van der Waals surface area contributed by atoms with Crippen molar-refractivity contribution in [1.82, 2.24) is 19.7 Å². The zero-order valence-electron chi connectivity index (χ0n) is 11.0. The zero-order valence-corrected chi connectivity index (χ0v) is 11.8. The lowest BCUT2D eigenvalue weighted by molar-refractivity contribution is 0.0940. The van der Waals surface area contributed by atoms with Crippen molar-refractivity contribution in [2.45, 2.75) is 19.4 Å². The fraction of sp³-hybridized carbons (Fsp3) is 0.214. The highest BCUT2D eigenvalue weighted by molar-refractivity contribution is 7.09. The fourth-order valence-corrected chi connectivity index (χ4v) is 2.78. The van der Waals surface area contributed by atoms with E-state index in [0.717, 1.165) is 12.1 Å². The lowest BCUT2D eigenvalue weighted by Gasteiger charge is -2.12. The minimum atomic E-state index is -0.0717. The Bertz CT molecular complexity index is 720. The number of amides is 1. The first-order valence-corrected chi connectivity index (χ1v) is 7.21. The minimum Gasteiger partial charge on any atom is -0.349 e. The fourth-order valence-electron chi connectivity index (χ4n) is 2.06. The molecule has 0 fully saturated rings. The maximum Gasteiger partial charge on any atom is 0.252 e. The maximum atomic E-state index is 12.2. The van der Waals surface area contributed by atoms with Crippen LogP contribution in [0.25, 0.3) is 5.65 Å². The van der Waals surface area contributed by atoms with Gasteiger partial charge in [-0.1, -0.05) is 0 Å². The van der Waals surface area contributed by atoms with Crippen molar-refractivity contribution in [2.24, 2.45) is 0 Å². The smallest absolute Gasteiger partial charge is 0.252 e. The summed E-state index contributed by atoms with van der Waals surface area (Å²) in [6, 6.07) is 3.70. The van der Waals surface area contributed by atoms with Crippen molar-refractivity contribution in [1.29, 1.82) is 0 Å². The van der Waals surface area contributed by atoms with E-state index < -0.39 is 0 Å². The standard InChI is InChI=1S/C14H14N4OS/c1-10(6-12-7-15-9-20-12)17-14(19)11-2-3-13-16-4-5-18(13)8-11/h2-5,7-10H,6H2,1H3,(H,17,19). The summed E-state index contributed by atoms with van der Waals surface area (Å²) in [5.74, 6) is -0.0717. The second-order valence-electron chi connectivity index (χ2n) is 4.66. The first-order chi connectivity index (χ1) is 9.72. The van der Waals surface area contributed by atoms with Crippen molar-refractivity contribution in [3.63, 3.8) is 0 Å². The number of hydrogen-bond acceptors (Lipinski definition) is 4. The van der Waals surface area contributed by atoms with E-state index in [1.807, 2.05) is 29.8 Å². The zero-order chi connectivity index (χ0) is 13.9. The molecule has 0 radical (unpaired) electrons. The van der Waals surface area contributed by atoms with Gasteiger partial charge in [0.15, 0.2) is 0 Å². The highest BCUT2D eigenvalue weighted by Crippen LogP contribution is 2.09. The molecular weight excluding hydrogens is 272 g/mol. The number of nitrogens with zero attached hydrogens (tertiary/aromatic N) is 3. The number of pyridine rings is 1. The number of hydrogen-bond donors (Lipinski definition) is 1. The normalized spacial score (nSPS) is 12.4. The van der Waals surface area contributed by atoms with E-state index >= 15 is 0 Å². The van der Waals surface area contributed by atoms with Crippen LogP contribution in [-0.2, 0) is 6.42 Å². The SMILES string of the molecule is CC(Cc1cncs1)NC(=O)c1ccc2nccn2c1. The third-order valence-electron chi connectivity index (χ3n) is 3.02. The lowest BCUT2D eigenvalue weighted by Crippen LogP contribution is -2.34. The van der Waals surface area contributed by atoms with E-state index in [1.165, 1.54) is 4.88 Å². The van der Waals surface area contributed by atoms with Gasteiger partial charge in [0.05, 0.1) is 11.1 Å². The highest BCUT2D eigenvalue weighted by atomic mass is 32.1. The molecule has 3 aromatic rings. The van der Waals surface area contributed by atoms with E-state index in [0.29, 0.717) is 5.56 Å². The van der Waals surface area contributed by atoms with E-state index in [1.54, 1.807) is 35.3 Å². The molecule has 3 heterocycles. The van der Waals surface area contributed by atoms with Gasteiger partial charge in [-0.05, 0) is 19.1 Å².